The fraction of sp³-hybridized carbons (Fsp3) is 0.200. The Balaban J connectivity index is 2.79. The fourth-order valence-electron chi connectivity index (χ4n) is 1.46. The van der Waals surface area contributed by atoms with Crippen molar-refractivity contribution >= 4 is 38.9 Å². The van der Waals surface area contributed by atoms with Crippen LogP contribution in [-0.4, -0.2) is 13.4 Å². The van der Waals surface area contributed by atoms with Gasteiger partial charge in [-0.15, -0.1) is 23.1 Å². The van der Waals surface area contributed by atoms with Crippen LogP contribution in [0.2, 0.25) is 0 Å². The minimum atomic E-state index is 0.754. The van der Waals surface area contributed by atoms with Crippen molar-refractivity contribution in [1.29, 1.82) is 0 Å². The molecule has 1 aromatic heterocycles. The van der Waals surface area contributed by atoms with Gasteiger partial charge in [-0.2, -0.15) is 0 Å². The van der Waals surface area contributed by atoms with Crippen molar-refractivity contribution in [2.45, 2.75) is 4.90 Å². The molecule has 0 unspecified atom stereocenters. The highest BCUT2D eigenvalue weighted by Gasteiger charge is 2.11. The predicted molar refractivity (Wildman–Crippen MR) is 64.6 cm³/mol. The largest absolute Gasteiger partial charge is 0.493 e. The molecule has 0 aliphatic rings. The van der Waals surface area contributed by atoms with Crippen LogP contribution in [0.1, 0.15) is 0 Å². The van der Waals surface area contributed by atoms with Gasteiger partial charge in [-0.1, -0.05) is 0 Å². The molecule has 0 aliphatic heterocycles. The number of fused-ring (bicyclic) bond motifs is 1. The second-order valence-electron chi connectivity index (χ2n) is 2.86. The maximum absolute atomic E-state index is 6.02. The number of hydrogen-bond acceptors (Lipinski definition) is 4. The quantitative estimate of drug-likeness (QED) is 0.629. The van der Waals surface area contributed by atoms with Crippen LogP contribution in [0.4, 0.5) is 5.69 Å². The molecule has 74 valence electrons. The van der Waals surface area contributed by atoms with E-state index in [9.17, 15) is 0 Å². The van der Waals surface area contributed by atoms with Gasteiger partial charge < -0.3 is 10.5 Å². The lowest BCUT2D eigenvalue weighted by atomic mass is 10.2. The second kappa shape index (κ2) is 3.71. The number of benzene rings is 1. The van der Waals surface area contributed by atoms with Gasteiger partial charge in [0, 0.05) is 0 Å². The van der Waals surface area contributed by atoms with Crippen LogP contribution in [0, 0.1) is 0 Å². The third-order valence-corrected chi connectivity index (χ3v) is 3.83. The number of thioether (sulfide) groups is 1. The molecule has 0 saturated carbocycles. The van der Waals surface area contributed by atoms with E-state index in [1.54, 1.807) is 30.2 Å². The SMILES string of the molecule is COc1c(SC)cc2ccsc2c1N. The van der Waals surface area contributed by atoms with E-state index in [0.717, 1.165) is 21.0 Å². The number of nitrogen functional groups attached to an aromatic ring is 1. The van der Waals surface area contributed by atoms with Crippen molar-refractivity contribution in [1.82, 2.24) is 0 Å². The van der Waals surface area contributed by atoms with E-state index in [-0.39, 0.29) is 0 Å². The topological polar surface area (TPSA) is 35.2 Å². The van der Waals surface area contributed by atoms with Gasteiger partial charge in [0.25, 0.3) is 0 Å². The van der Waals surface area contributed by atoms with E-state index in [1.165, 1.54) is 5.39 Å². The number of methoxy groups -OCH3 is 1. The molecule has 0 fully saturated rings. The van der Waals surface area contributed by atoms with Crippen molar-refractivity contribution < 1.29 is 4.74 Å². The van der Waals surface area contributed by atoms with Crippen molar-refractivity contribution in [2.75, 3.05) is 19.1 Å². The first-order valence-corrected chi connectivity index (χ1v) is 6.26. The molecular formula is C10H11NOS2. The van der Waals surface area contributed by atoms with E-state index >= 15 is 0 Å². The molecule has 0 bridgehead atoms. The van der Waals surface area contributed by atoms with Crippen LogP contribution in [0.3, 0.4) is 0 Å². The zero-order chi connectivity index (χ0) is 10.1. The molecule has 2 N–H and O–H groups in total. The van der Waals surface area contributed by atoms with Crippen LogP contribution >= 0.6 is 23.1 Å². The van der Waals surface area contributed by atoms with Crippen LogP contribution < -0.4 is 10.5 Å². The number of hydrogen-bond donors (Lipinski definition) is 1. The smallest absolute Gasteiger partial charge is 0.156 e. The van der Waals surface area contributed by atoms with Crippen LogP contribution in [0.25, 0.3) is 10.1 Å². The summed E-state index contributed by atoms with van der Waals surface area (Å²) >= 11 is 3.30. The summed E-state index contributed by atoms with van der Waals surface area (Å²) in [5.41, 5.74) is 6.78. The Labute approximate surface area is 91.1 Å². The first kappa shape index (κ1) is 9.68. The van der Waals surface area contributed by atoms with Gasteiger partial charge in [-0.25, -0.2) is 0 Å². The normalized spacial score (nSPS) is 10.7. The van der Waals surface area contributed by atoms with E-state index < -0.39 is 0 Å². The second-order valence-corrected chi connectivity index (χ2v) is 4.63. The minimum Gasteiger partial charge on any atom is -0.493 e. The number of ether oxygens (including phenoxy) is 1. The van der Waals surface area contributed by atoms with Gasteiger partial charge in [0.2, 0.25) is 0 Å². The number of anilines is 1. The van der Waals surface area contributed by atoms with Gasteiger partial charge in [-0.3, -0.25) is 0 Å². The molecule has 0 atom stereocenters. The highest BCUT2D eigenvalue weighted by molar-refractivity contribution is 7.98. The average molecular weight is 225 g/mol. The molecule has 0 aliphatic carbocycles. The average Bonchev–Trinajstić information content (AvgIpc) is 2.65. The number of thiophene rings is 1. The first-order valence-electron chi connectivity index (χ1n) is 4.15. The molecule has 0 radical (unpaired) electrons. The molecule has 14 heavy (non-hydrogen) atoms. The van der Waals surface area contributed by atoms with Gasteiger partial charge in [0.1, 0.15) is 0 Å². The van der Waals surface area contributed by atoms with Crippen molar-refractivity contribution in [3.05, 3.63) is 17.5 Å². The summed E-state index contributed by atoms with van der Waals surface area (Å²) in [6.07, 6.45) is 2.02. The Kier molecular flexibility index (Phi) is 2.56. The molecule has 1 heterocycles. The highest BCUT2D eigenvalue weighted by atomic mass is 32.2. The molecule has 2 rings (SSSR count). The summed E-state index contributed by atoms with van der Waals surface area (Å²) in [6.45, 7) is 0. The first-order chi connectivity index (χ1) is 6.77. The van der Waals surface area contributed by atoms with Crippen molar-refractivity contribution in [2.24, 2.45) is 0 Å². The Morgan fingerprint density at radius 1 is 1.50 bits per heavy atom. The van der Waals surface area contributed by atoms with Gasteiger partial charge >= 0.3 is 0 Å². The summed E-state index contributed by atoms with van der Waals surface area (Å²) in [7, 11) is 1.66. The lowest BCUT2D eigenvalue weighted by molar-refractivity contribution is 0.408. The molecule has 2 aromatic rings. The van der Waals surface area contributed by atoms with Crippen molar-refractivity contribution in [3.63, 3.8) is 0 Å². The van der Waals surface area contributed by atoms with Crippen LogP contribution in [0.5, 0.6) is 5.75 Å². The number of nitrogens with two attached hydrogens (primary N) is 1. The molecule has 0 amide bonds. The zero-order valence-electron chi connectivity index (χ0n) is 8.03. The maximum atomic E-state index is 6.02. The van der Waals surface area contributed by atoms with E-state index in [4.69, 9.17) is 10.5 Å². The summed E-state index contributed by atoms with van der Waals surface area (Å²) in [5, 5.41) is 3.24. The third kappa shape index (κ3) is 1.35. The van der Waals surface area contributed by atoms with E-state index in [0.29, 0.717) is 0 Å². The van der Waals surface area contributed by atoms with Gasteiger partial charge in [0.05, 0.1) is 22.4 Å². The lowest BCUT2D eigenvalue weighted by Gasteiger charge is -2.09. The monoisotopic (exact) mass is 225 g/mol. The fourth-order valence-corrected chi connectivity index (χ4v) is 2.91. The Morgan fingerprint density at radius 2 is 2.29 bits per heavy atom. The Hall–Kier alpha value is -0.870. The summed E-state index contributed by atoms with van der Waals surface area (Å²) in [6, 6.07) is 4.20. The molecular weight excluding hydrogens is 214 g/mol. The van der Waals surface area contributed by atoms with Crippen LogP contribution in [-0.2, 0) is 0 Å². The summed E-state index contributed by atoms with van der Waals surface area (Å²) in [5.74, 6) is 0.799. The van der Waals surface area contributed by atoms with Crippen molar-refractivity contribution in [3.8, 4) is 5.75 Å². The van der Waals surface area contributed by atoms with E-state index in [1.807, 2.05) is 11.6 Å². The molecule has 2 nitrogen and oxygen atoms in total. The zero-order valence-corrected chi connectivity index (χ0v) is 9.67. The molecule has 4 heteroatoms. The third-order valence-electron chi connectivity index (χ3n) is 2.12. The molecule has 0 saturated heterocycles. The molecule has 1 aromatic carbocycles. The highest BCUT2D eigenvalue weighted by Crippen LogP contribution is 2.41. The maximum Gasteiger partial charge on any atom is 0.156 e. The predicted octanol–water partition coefficient (Wildman–Crippen LogP) is 3.21. The Bertz CT molecular complexity index is 464. The summed E-state index contributed by atoms with van der Waals surface area (Å²) < 4.78 is 6.42. The standard InChI is InChI=1S/C10H11NOS2/c1-12-9-7(13-2)5-6-3-4-14-10(6)8(9)11/h3-5H,11H2,1-2H3. The van der Waals surface area contributed by atoms with E-state index in [2.05, 4.69) is 12.1 Å². The Morgan fingerprint density at radius 3 is 2.93 bits per heavy atom. The minimum absolute atomic E-state index is 0.754. The van der Waals surface area contributed by atoms with Gasteiger partial charge in [-0.05, 0) is 29.2 Å². The van der Waals surface area contributed by atoms with Crippen LogP contribution in [0.15, 0.2) is 22.4 Å². The molecule has 0 spiro atoms. The number of rotatable bonds is 2. The summed E-state index contributed by atoms with van der Waals surface area (Å²) in [4.78, 5) is 1.09. The lowest BCUT2D eigenvalue weighted by Crippen LogP contribution is -1.94. The van der Waals surface area contributed by atoms with Gasteiger partial charge in [0.15, 0.2) is 5.75 Å².